The van der Waals surface area contributed by atoms with Crippen molar-refractivity contribution in [2.45, 2.75) is 154 Å². The van der Waals surface area contributed by atoms with Gasteiger partial charge in [0.2, 0.25) is 11.2 Å². The summed E-state index contributed by atoms with van der Waals surface area (Å²) in [6.07, 6.45) is 21.4. The van der Waals surface area contributed by atoms with E-state index in [0.29, 0.717) is 55.4 Å². The van der Waals surface area contributed by atoms with E-state index in [1.54, 1.807) is 28.2 Å². The van der Waals surface area contributed by atoms with Gasteiger partial charge in [-0.3, -0.25) is 19.2 Å². The van der Waals surface area contributed by atoms with E-state index in [4.69, 9.17) is 51.6 Å². The fraction of sp³-hybridized carbons (Fsp3) is 0.519. The molecule has 24 heteroatoms. The topological polar surface area (TPSA) is 285 Å². The van der Waals surface area contributed by atoms with Crippen molar-refractivity contribution in [3.05, 3.63) is 64.8 Å². The van der Waals surface area contributed by atoms with E-state index in [1.807, 2.05) is 54.0 Å². The summed E-state index contributed by atoms with van der Waals surface area (Å²) in [7, 11) is 2.85. The fourth-order valence-corrected chi connectivity index (χ4v) is 9.51. The van der Waals surface area contributed by atoms with Crippen LogP contribution >= 0.6 is 34.3 Å². The van der Waals surface area contributed by atoms with Crippen molar-refractivity contribution in [2.75, 3.05) is 49.1 Å². The molecule has 2 aliphatic rings. The van der Waals surface area contributed by atoms with Crippen LogP contribution in [0, 0.1) is 0 Å². The normalized spacial score (nSPS) is 12.9. The van der Waals surface area contributed by atoms with Crippen LogP contribution in [0.1, 0.15) is 142 Å². The number of aliphatic carboxylic acids is 2. The minimum absolute atomic E-state index is 0. The molecule has 0 saturated heterocycles. The maximum atomic E-state index is 11.1. The Kier molecular flexibility index (Phi) is 32.8. The van der Waals surface area contributed by atoms with Gasteiger partial charge in [-0.15, -0.1) is 22.7 Å². The van der Waals surface area contributed by atoms with Crippen LogP contribution in [0.3, 0.4) is 0 Å². The molecule has 20 nitrogen and oxygen atoms in total. The third-order valence-electron chi connectivity index (χ3n) is 11.8. The molecule has 2 saturated carbocycles. The molecular formula is C54H75ClN10O10PdS2. The molecule has 4 heterocycles. The zero-order valence-corrected chi connectivity index (χ0v) is 48.9. The Balaban J connectivity index is 0.000000307. The van der Waals surface area contributed by atoms with Gasteiger partial charge in [0.05, 0.1) is 38.5 Å². The zero-order valence-electron chi connectivity index (χ0n) is 44.9. The van der Waals surface area contributed by atoms with Gasteiger partial charge in [-0.25, -0.2) is 9.97 Å². The molecular weight excluding hydrogens is 1150 g/mol. The Morgan fingerprint density at radius 3 is 1.46 bits per heavy atom. The van der Waals surface area contributed by atoms with Crippen molar-refractivity contribution in [2.24, 2.45) is 0 Å². The van der Waals surface area contributed by atoms with Crippen LogP contribution in [0.2, 0.25) is 5.28 Å². The number of methoxy groups -OCH3 is 2. The molecule has 2 aliphatic carbocycles. The zero-order chi connectivity index (χ0) is 55.6. The van der Waals surface area contributed by atoms with E-state index in [0.717, 1.165) is 109 Å². The minimum Gasteiger partial charge on any atom is -0.494 e. The summed E-state index contributed by atoms with van der Waals surface area (Å²) in [5.74, 6) is 1.99. The molecule has 6 aromatic rings. The van der Waals surface area contributed by atoms with Gasteiger partial charge in [0.25, 0.3) is 11.9 Å². The van der Waals surface area contributed by atoms with E-state index >= 15 is 0 Å². The number of ether oxygens (including phenoxy) is 4. The smallest absolute Gasteiger partial charge is 0.305 e. The average Bonchev–Trinajstić information content (AvgIpc) is 4.11. The van der Waals surface area contributed by atoms with Crippen LogP contribution in [-0.2, 0) is 49.1 Å². The van der Waals surface area contributed by atoms with Gasteiger partial charge in [-0.2, -0.15) is 19.9 Å². The summed E-state index contributed by atoms with van der Waals surface area (Å²) in [6.45, 7) is 3.52. The molecule has 0 bridgehead atoms. The monoisotopic (exact) mass is 1230 g/mol. The number of nitrogens with two attached hydrogens (primary N) is 1. The maximum absolute atomic E-state index is 11.1. The maximum Gasteiger partial charge on any atom is 0.305 e. The number of nitrogen functional groups attached to an aromatic ring is 1. The number of nitrogens with one attached hydrogen (secondary N) is 3. The first-order chi connectivity index (χ1) is 37.2. The van der Waals surface area contributed by atoms with Crippen molar-refractivity contribution < 1.29 is 68.8 Å². The third-order valence-corrected chi connectivity index (χ3v) is 13.6. The van der Waals surface area contributed by atoms with E-state index in [2.05, 4.69) is 50.3 Å². The molecule has 0 aliphatic heterocycles. The van der Waals surface area contributed by atoms with Crippen LogP contribution in [0.15, 0.2) is 59.6 Å². The molecule has 8 rings (SSSR count). The predicted octanol–water partition coefficient (Wildman–Crippen LogP) is 12.5. The summed E-state index contributed by atoms with van der Waals surface area (Å²) in [5, 5.41) is 25.5. The second kappa shape index (κ2) is 38.6. The second-order valence-corrected chi connectivity index (χ2v) is 20.2. The molecule has 2 aromatic carbocycles. The van der Waals surface area contributed by atoms with Crippen molar-refractivity contribution in [1.29, 1.82) is 0 Å². The number of unbranched alkanes of at least 4 members (excludes halogenated alkanes) is 6. The van der Waals surface area contributed by atoms with Crippen molar-refractivity contribution in [3.63, 3.8) is 0 Å². The van der Waals surface area contributed by atoms with Crippen molar-refractivity contribution >= 4 is 108 Å². The SMILES string of the molecule is CC(=O)O.CC(=O)O.COC(=O)CCCCCCOc1ccc(N)cc1.COC(=O)CCCCCCOc1ccc(Nc2nc(NC3CCCCC3)c3scnc3n2)cc1.Clc1nc(NC2CCCCC2)c2scnc2n1.[Pd]. The Bertz CT molecular complexity index is 2640. The molecule has 0 atom stereocenters. The molecule has 7 N–H and O–H groups in total. The van der Waals surface area contributed by atoms with Crippen LogP contribution < -0.4 is 31.2 Å². The number of nitrogens with zero attached hydrogens (tertiary/aromatic N) is 6. The molecule has 4 aromatic heterocycles. The number of rotatable bonds is 22. The van der Waals surface area contributed by atoms with Crippen LogP contribution in [0.4, 0.5) is 29.0 Å². The van der Waals surface area contributed by atoms with E-state index < -0.39 is 11.9 Å². The van der Waals surface area contributed by atoms with Crippen LogP contribution in [0.25, 0.3) is 20.7 Å². The minimum atomic E-state index is -0.833. The molecule has 0 spiro atoms. The Hall–Kier alpha value is -5.99. The summed E-state index contributed by atoms with van der Waals surface area (Å²) in [4.78, 5) is 66.3. The Morgan fingerprint density at radius 1 is 0.603 bits per heavy atom. The van der Waals surface area contributed by atoms with Gasteiger partial charge in [-0.05, 0) is 111 Å². The summed E-state index contributed by atoms with van der Waals surface area (Å²) >= 11 is 9.03. The number of benzene rings is 2. The number of esters is 2. The van der Waals surface area contributed by atoms with Gasteiger partial charge in [0.1, 0.15) is 20.9 Å². The molecule has 0 unspecified atom stereocenters. The fourth-order valence-electron chi connectivity index (χ4n) is 7.99. The summed E-state index contributed by atoms with van der Waals surface area (Å²) in [6, 6.07) is 16.2. The number of carbonyl (C=O) groups is 4. The Morgan fingerprint density at radius 2 is 1.01 bits per heavy atom. The predicted molar refractivity (Wildman–Crippen MR) is 305 cm³/mol. The quantitative estimate of drug-likeness (QED) is 0.0121. The Labute approximate surface area is 483 Å². The molecule has 0 radical (unpaired) electrons. The number of aromatic nitrogens is 6. The van der Waals surface area contributed by atoms with Crippen LogP contribution in [0.5, 0.6) is 11.5 Å². The van der Waals surface area contributed by atoms with E-state index in [1.165, 1.54) is 78.4 Å². The number of hydrogen-bond acceptors (Lipinski definition) is 20. The molecule has 0 amide bonds. The number of carboxylic acids is 2. The van der Waals surface area contributed by atoms with Gasteiger partial charge in [-0.1, -0.05) is 64.2 Å². The first kappa shape index (κ1) is 66.3. The van der Waals surface area contributed by atoms with Crippen LogP contribution in [-0.4, -0.2) is 104 Å². The summed E-state index contributed by atoms with van der Waals surface area (Å²) < 4.78 is 22.6. The first-order valence-electron chi connectivity index (χ1n) is 26.1. The number of carbonyl (C=O) groups excluding carboxylic acids is 2. The second-order valence-electron chi connectivity index (χ2n) is 18.1. The average molecular weight is 1230 g/mol. The molecule has 78 heavy (non-hydrogen) atoms. The van der Waals surface area contributed by atoms with Gasteiger partial charge >= 0.3 is 11.9 Å². The third kappa shape index (κ3) is 27.6. The number of anilines is 5. The summed E-state index contributed by atoms with van der Waals surface area (Å²) in [5.41, 5.74) is 12.2. The largest absolute Gasteiger partial charge is 0.494 e. The van der Waals surface area contributed by atoms with Gasteiger partial charge in [0, 0.05) is 70.6 Å². The van der Waals surface area contributed by atoms with E-state index in [-0.39, 0.29) is 37.6 Å². The standard InChI is InChI=1S/C25H33N5O3S.C14H21NO3.C11H13ClN4S.2C2H4O2.Pd/c1-32-21(31)11-7-2-3-8-16-33-20-14-12-19(13-15-20)28-25-29-23-22(34-17-26-23)24(30-25)27-18-9-5-4-6-10-18;1-17-14(16)6-4-2-3-5-11-18-13-9-7-12(15)8-10-13;12-11-15-9-8(17-6-13-9)10(16-11)14-7-4-2-1-3-5-7;2*1-2(3)4;/h12-15,17-18H,2-11,16H2,1H3,(H2,27,28,29,30);7-10H,2-6,11,15H2,1H3;6-7H,1-5H2,(H,14,15,16);2*1H3,(H,3,4);. The van der Waals surface area contributed by atoms with Crippen molar-refractivity contribution in [3.8, 4) is 11.5 Å². The van der Waals surface area contributed by atoms with Gasteiger partial charge in [0.15, 0.2) is 22.9 Å². The van der Waals surface area contributed by atoms with Crippen molar-refractivity contribution in [1.82, 2.24) is 29.9 Å². The van der Waals surface area contributed by atoms with E-state index in [9.17, 15) is 9.59 Å². The molecule has 430 valence electrons. The number of halogens is 1. The number of carboxylic acid groups (broad SMARTS) is 2. The molecule has 2 fully saturated rings. The first-order valence-corrected chi connectivity index (χ1v) is 28.3. The number of hydrogen-bond donors (Lipinski definition) is 6. The number of thiazole rings is 2. The van der Waals surface area contributed by atoms with Gasteiger partial charge < -0.3 is 50.8 Å². The number of fused-ring (bicyclic) bond motifs is 2.